The van der Waals surface area contributed by atoms with E-state index in [-0.39, 0.29) is 5.38 Å². The molecule has 1 unspecified atom stereocenters. The Morgan fingerprint density at radius 3 is 1.94 bits per heavy atom. The fourth-order valence-corrected chi connectivity index (χ4v) is 2.95. The van der Waals surface area contributed by atoms with Crippen LogP contribution in [0.2, 0.25) is 0 Å². The molecule has 0 amide bonds. The van der Waals surface area contributed by atoms with Crippen molar-refractivity contribution >= 4 is 11.6 Å². The highest BCUT2D eigenvalue weighted by Crippen LogP contribution is 2.37. The van der Waals surface area contributed by atoms with E-state index in [4.69, 9.17) is 16.0 Å². The predicted octanol–water partition coefficient (Wildman–Crippen LogP) is 5.15. The number of rotatable bonds is 2. The maximum atomic E-state index is 6.64. The first-order valence-corrected chi connectivity index (χ1v) is 6.62. The molecule has 0 aliphatic rings. The van der Waals surface area contributed by atoms with Crippen molar-refractivity contribution in [3.8, 4) is 0 Å². The van der Waals surface area contributed by atoms with Gasteiger partial charge < -0.3 is 4.42 Å². The molecule has 0 spiro atoms. The van der Waals surface area contributed by atoms with Gasteiger partial charge in [0.05, 0.1) is 6.26 Å². The fraction of sp³-hybridized carbons (Fsp3) is 0.375. The lowest BCUT2D eigenvalue weighted by atomic mass is 9.91. The molecule has 0 bridgehead atoms. The lowest BCUT2D eigenvalue weighted by Gasteiger charge is -2.19. The average Bonchev–Trinajstić information content (AvgIpc) is 2.73. The molecule has 0 N–H and O–H groups in total. The Morgan fingerprint density at radius 2 is 1.50 bits per heavy atom. The third kappa shape index (κ3) is 2.08. The third-order valence-corrected chi connectivity index (χ3v) is 4.23. The van der Waals surface area contributed by atoms with E-state index in [1.54, 1.807) is 6.26 Å². The van der Waals surface area contributed by atoms with Gasteiger partial charge in [-0.2, -0.15) is 0 Å². The zero-order valence-corrected chi connectivity index (χ0v) is 12.4. The van der Waals surface area contributed by atoms with Crippen molar-refractivity contribution in [2.24, 2.45) is 0 Å². The lowest BCUT2D eigenvalue weighted by Crippen LogP contribution is -2.03. The molecular weight excluding hydrogens is 244 g/mol. The summed E-state index contributed by atoms with van der Waals surface area (Å²) in [5.74, 6) is 0.855. The summed E-state index contributed by atoms with van der Waals surface area (Å²) in [6.45, 7) is 10.5. The van der Waals surface area contributed by atoms with Crippen LogP contribution < -0.4 is 0 Å². The Morgan fingerprint density at radius 1 is 0.944 bits per heavy atom. The molecule has 18 heavy (non-hydrogen) atoms. The Hall–Kier alpha value is -1.21. The minimum Gasteiger partial charge on any atom is -0.467 e. The number of aryl methyl sites for hydroxylation is 3. The second-order valence-electron chi connectivity index (χ2n) is 5.00. The second kappa shape index (κ2) is 4.81. The zero-order chi connectivity index (χ0) is 13.4. The molecule has 2 aromatic rings. The van der Waals surface area contributed by atoms with Crippen LogP contribution in [0.5, 0.6) is 0 Å². The molecule has 0 saturated carbocycles. The topological polar surface area (TPSA) is 13.1 Å². The van der Waals surface area contributed by atoms with E-state index in [0.717, 1.165) is 11.3 Å². The van der Waals surface area contributed by atoms with Crippen molar-refractivity contribution in [2.45, 2.75) is 40.0 Å². The smallest absolute Gasteiger partial charge is 0.129 e. The van der Waals surface area contributed by atoms with Gasteiger partial charge in [0.1, 0.15) is 11.1 Å². The summed E-state index contributed by atoms with van der Waals surface area (Å²) < 4.78 is 5.54. The lowest BCUT2D eigenvalue weighted by molar-refractivity contribution is 0.513. The number of halogens is 1. The van der Waals surface area contributed by atoms with Crippen molar-refractivity contribution in [1.29, 1.82) is 0 Å². The van der Waals surface area contributed by atoms with Gasteiger partial charge in [0.15, 0.2) is 0 Å². The molecular formula is C16H19ClO. The monoisotopic (exact) mass is 262 g/mol. The summed E-state index contributed by atoms with van der Waals surface area (Å²) in [6.07, 6.45) is 1.70. The zero-order valence-electron chi connectivity index (χ0n) is 11.6. The van der Waals surface area contributed by atoms with Gasteiger partial charge in [-0.1, -0.05) is 6.07 Å². The molecule has 2 heteroatoms. The Bertz CT molecular complexity index is 555. The summed E-state index contributed by atoms with van der Waals surface area (Å²) in [6, 6.07) is 4.17. The van der Waals surface area contributed by atoms with Crippen LogP contribution in [0, 0.1) is 34.6 Å². The van der Waals surface area contributed by atoms with E-state index >= 15 is 0 Å². The molecule has 0 aliphatic heterocycles. The van der Waals surface area contributed by atoms with Crippen molar-refractivity contribution in [3.63, 3.8) is 0 Å². The molecule has 0 aliphatic carbocycles. The maximum Gasteiger partial charge on any atom is 0.129 e. The van der Waals surface area contributed by atoms with Gasteiger partial charge in [0.25, 0.3) is 0 Å². The van der Waals surface area contributed by atoms with Crippen LogP contribution in [-0.2, 0) is 0 Å². The van der Waals surface area contributed by atoms with E-state index in [0.29, 0.717) is 0 Å². The number of hydrogen-bond donors (Lipinski definition) is 0. The molecule has 96 valence electrons. The van der Waals surface area contributed by atoms with Crippen molar-refractivity contribution in [3.05, 3.63) is 57.5 Å². The van der Waals surface area contributed by atoms with Gasteiger partial charge >= 0.3 is 0 Å². The molecule has 1 nitrogen and oxygen atoms in total. The van der Waals surface area contributed by atoms with Gasteiger partial charge in [-0.15, -0.1) is 11.6 Å². The third-order valence-electron chi connectivity index (χ3n) is 3.81. The van der Waals surface area contributed by atoms with E-state index in [1.807, 2.05) is 13.0 Å². The minimum atomic E-state index is -0.210. The molecule has 1 atom stereocenters. The highest BCUT2D eigenvalue weighted by Gasteiger charge is 2.22. The number of alkyl halides is 1. The minimum absolute atomic E-state index is 0.210. The van der Waals surface area contributed by atoms with E-state index in [2.05, 4.69) is 33.8 Å². The summed E-state index contributed by atoms with van der Waals surface area (Å²) in [7, 11) is 0. The second-order valence-corrected chi connectivity index (χ2v) is 5.44. The molecule has 1 aromatic heterocycles. The van der Waals surface area contributed by atoms with Crippen molar-refractivity contribution in [2.75, 3.05) is 0 Å². The molecule has 0 saturated heterocycles. The van der Waals surface area contributed by atoms with Gasteiger partial charge in [0.2, 0.25) is 0 Å². The van der Waals surface area contributed by atoms with E-state index < -0.39 is 0 Å². The fourth-order valence-electron chi connectivity index (χ4n) is 2.40. The Labute approximate surface area is 114 Å². The Kier molecular flexibility index (Phi) is 3.54. The van der Waals surface area contributed by atoms with Gasteiger partial charge in [-0.25, -0.2) is 0 Å². The highest BCUT2D eigenvalue weighted by atomic mass is 35.5. The SMILES string of the molecule is Cc1ccoc1C(Cl)c1c(C)c(C)cc(C)c1C. The highest BCUT2D eigenvalue weighted by molar-refractivity contribution is 6.22. The van der Waals surface area contributed by atoms with Gasteiger partial charge in [-0.05, 0) is 74.1 Å². The molecule has 0 radical (unpaired) electrons. The molecule has 1 heterocycles. The van der Waals surface area contributed by atoms with Crippen LogP contribution in [0.4, 0.5) is 0 Å². The van der Waals surface area contributed by atoms with E-state index in [1.165, 1.54) is 27.8 Å². The summed E-state index contributed by atoms with van der Waals surface area (Å²) in [4.78, 5) is 0. The predicted molar refractivity (Wildman–Crippen MR) is 76.5 cm³/mol. The molecule has 2 rings (SSSR count). The van der Waals surface area contributed by atoms with Crippen molar-refractivity contribution < 1.29 is 4.42 Å². The van der Waals surface area contributed by atoms with Crippen LogP contribution in [0.25, 0.3) is 0 Å². The van der Waals surface area contributed by atoms with Crippen LogP contribution in [0.3, 0.4) is 0 Å². The largest absolute Gasteiger partial charge is 0.467 e. The molecule has 1 aromatic carbocycles. The van der Waals surface area contributed by atoms with Gasteiger partial charge in [0, 0.05) is 0 Å². The molecule has 0 fully saturated rings. The summed E-state index contributed by atoms with van der Waals surface area (Å²) >= 11 is 6.64. The first-order chi connectivity index (χ1) is 8.43. The summed E-state index contributed by atoms with van der Waals surface area (Å²) in [5, 5.41) is -0.210. The van der Waals surface area contributed by atoms with Crippen LogP contribution in [-0.4, -0.2) is 0 Å². The van der Waals surface area contributed by atoms with Crippen LogP contribution >= 0.6 is 11.6 Å². The van der Waals surface area contributed by atoms with E-state index in [9.17, 15) is 0 Å². The van der Waals surface area contributed by atoms with Gasteiger partial charge in [-0.3, -0.25) is 0 Å². The normalized spacial score (nSPS) is 12.8. The standard InChI is InChI=1S/C16H19ClO/c1-9-6-7-18-16(9)15(17)14-12(4)10(2)8-11(3)13(14)5/h6-8,15H,1-5H3. The maximum absolute atomic E-state index is 6.64. The van der Waals surface area contributed by atoms with Crippen molar-refractivity contribution in [1.82, 2.24) is 0 Å². The number of furan rings is 1. The van der Waals surface area contributed by atoms with Crippen LogP contribution in [0.1, 0.15) is 44.5 Å². The number of benzene rings is 1. The number of hydrogen-bond acceptors (Lipinski definition) is 1. The first kappa shape index (κ1) is 13.2. The Balaban J connectivity index is 2.61. The van der Waals surface area contributed by atoms with Crippen LogP contribution in [0.15, 0.2) is 22.8 Å². The quantitative estimate of drug-likeness (QED) is 0.682. The average molecular weight is 263 g/mol. The summed E-state index contributed by atoms with van der Waals surface area (Å²) in [5.41, 5.74) is 7.37. The first-order valence-electron chi connectivity index (χ1n) is 6.18.